The van der Waals surface area contributed by atoms with Crippen molar-refractivity contribution in [2.45, 2.75) is 40.0 Å². The normalized spacial score (nSPS) is 9.19. The third-order valence-electron chi connectivity index (χ3n) is 1.46. The summed E-state index contributed by atoms with van der Waals surface area (Å²) < 4.78 is 14.4. The number of carbonyl (C=O) groups is 3. The zero-order valence-electron chi connectivity index (χ0n) is 9.57. The zero-order chi connectivity index (χ0) is 12.6. The Kier molecular flexibility index (Phi) is 8.07. The molecule has 0 atom stereocenters. The van der Waals surface area contributed by atoms with Crippen molar-refractivity contribution in [3.8, 4) is 0 Å². The van der Waals surface area contributed by atoms with Crippen LogP contribution in [0, 0.1) is 0 Å². The maximum atomic E-state index is 11.0. The molecule has 0 aromatic rings. The van der Waals surface area contributed by atoms with E-state index in [1.54, 1.807) is 20.8 Å². The topological polar surface area (TPSA) is 78.9 Å². The van der Waals surface area contributed by atoms with E-state index in [1.165, 1.54) is 0 Å². The first-order chi connectivity index (χ1) is 7.53. The minimum atomic E-state index is -3.60. The summed E-state index contributed by atoms with van der Waals surface area (Å²) in [4.78, 5) is 33.0. The Morgan fingerprint density at radius 1 is 0.750 bits per heavy atom. The molecule has 0 unspecified atom stereocenters. The van der Waals surface area contributed by atoms with Gasteiger partial charge in [-0.2, -0.15) is 0 Å². The second-order valence-corrected chi connectivity index (χ2v) is 5.47. The Labute approximate surface area is 104 Å². The zero-order valence-corrected chi connectivity index (χ0v) is 12.0. The summed E-state index contributed by atoms with van der Waals surface area (Å²) >= 11 is -3.60. The van der Waals surface area contributed by atoms with Crippen LogP contribution < -0.4 is 0 Å². The van der Waals surface area contributed by atoms with Gasteiger partial charge in [-0.15, -0.1) is 0 Å². The summed E-state index contributed by atoms with van der Waals surface area (Å²) in [5, 5.41) is 0. The predicted molar refractivity (Wildman–Crippen MR) is 49.1 cm³/mol. The van der Waals surface area contributed by atoms with Crippen molar-refractivity contribution in [3.05, 3.63) is 0 Å². The van der Waals surface area contributed by atoms with Crippen LogP contribution in [0.4, 0.5) is 0 Å². The molecule has 0 aromatic heterocycles. The van der Waals surface area contributed by atoms with E-state index in [0.717, 1.165) is 0 Å². The van der Waals surface area contributed by atoms with Crippen LogP contribution >= 0.6 is 0 Å². The molecule has 0 fully saturated rings. The minimum absolute atomic E-state index is 0.150. The van der Waals surface area contributed by atoms with Crippen LogP contribution in [0.1, 0.15) is 40.0 Å². The van der Waals surface area contributed by atoms with Gasteiger partial charge < -0.3 is 0 Å². The fourth-order valence-electron chi connectivity index (χ4n) is 0.558. The molecule has 0 spiro atoms. The van der Waals surface area contributed by atoms with Gasteiger partial charge in [0, 0.05) is 0 Å². The average Bonchev–Trinajstić information content (AvgIpc) is 2.28. The SMILES string of the molecule is CCC(=O)[O][Zr]([O]C(=O)CC)[O]C(=O)CC. The molecule has 0 N–H and O–H groups in total. The summed E-state index contributed by atoms with van der Waals surface area (Å²) in [5.74, 6) is -1.58. The molecule has 0 aliphatic rings. The molecule has 0 aromatic carbocycles. The molecule has 0 aliphatic heterocycles. The molecule has 0 saturated carbocycles. The van der Waals surface area contributed by atoms with Crippen LogP contribution in [-0.2, 0) is 45.9 Å². The molecule has 91 valence electrons. The molecule has 6 nitrogen and oxygen atoms in total. The van der Waals surface area contributed by atoms with Crippen LogP contribution in [0.3, 0.4) is 0 Å². The molecule has 16 heavy (non-hydrogen) atoms. The van der Waals surface area contributed by atoms with Crippen molar-refractivity contribution in [1.82, 2.24) is 0 Å². The molecular formula is C9H15O6Zr. The summed E-state index contributed by atoms with van der Waals surface area (Å²) in [7, 11) is 0. The van der Waals surface area contributed by atoms with E-state index in [0.29, 0.717) is 0 Å². The molecule has 0 amide bonds. The van der Waals surface area contributed by atoms with Crippen LogP contribution in [-0.4, -0.2) is 17.9 Å². The molecular weight excluding hydrogens is 295 g/mol. The van der Waals surface area contributed by atoms with Crippen molar-refractivity contribution in [3.63, 3.8) is 0 Å². The van der Waals surface area contributed by atoms with E-state index in [-0.39, 0.29) is 19.3 Å². The van der Waals surface area contributed by atoms with E-state index >= 15 is 0 Å². The van der Waals surface area contributed by atoms with E-state index in [1.807, 2.05) is 0 Å². The maximum absolute atomic E-state index is 11.0. The second-order valence-electron chi connectivity index (χ2n) is 2.73. The fourth-order valence-corrected chi connectivity index (χ4v) is 3.30. The Morgan fingerprint density at radius 3 is 1.19 bits per heavy atom. The van der Waals surface area contributed by atoms with Crippen molar-refractivity contribution in [2.24, 2.45) is 0 Å². The van der Waals surface area contributed by atoms with Gasteiger partial charge in [0.2, 0.25) is 0 Å². The van der Waals surface area contributed by atoms with Gasteiger partial charge in [0.25, 0.3) is 0 Å². The summed E-state index contributed by atoms with van der Waals surface area (Å²) in [5.41, 5.74) is 0. The van der Waals surface area contributed by atoms with E-state index in [2.05, 4.69) is 0 Å². The molecule has 0 radical (unpaired) electrons. The van der Waals surface area contributed by atoms with E-state index in [9.17, 15) is 14.4 Å². The van der Waals surface area contributed by atoms with Gasteiger partial charge in [0.1, 0.15) is 0 Å². The first kappa shape index (κ1) is 15.3. The molecule has 0 saturated heterocycles. The number of hydrogen-bond acceptors (Lipinski definition) is 6. The standard InChI is InChI=1S/3C3H6O2.Zr/c3*1-2-3(4)5;/h3*2H2,1H3,(H,4,5);/q;;;+3/p-3. The second kappa shape index (κ2) is 8.45. The van der Waals surface area contributed by atoms with E-state index < -0.39 is 41.0 Å². The first-order valence-corrected chi connectivity index (χ1v) is 8.03. The molecule has 0 bridgehead atoms. The molecule has 7 heteroatoms. The van der Waals surface area contributed by atoms with Gasteiger partial charge in [-0.1, -0.05) is 0 Å². The van der Waals surface area contributed by atoms with Crippen LogP contribution in [0.25, 0.3) is 0 Å². The molecule has 0 heterocycles. The van der Waals surface area contributed by atoms with Gasteiger partial charge in [0.05, 0.1) is 0 Å². The number of hydrogen-bond donors (Lipinski definition) is 0. The van der Waals surface area contributed by atoms with Gasteiger partial charge in [-0.25, -0.2) is 0 Å². The van der Waals surface area contributed by atoms with Gasteiger partial charge in [0.15, 0.2) is 0 Å². The van der Waals surface area contributed by atoms with Crippen molar-refractivity contribution >= 4 is 17.9 Å². The monoisotopic (exact) mass is 309 g/mol. The van der Waals surface area contributed by atoms with Crippen LogP contribution in [0.2, 0.25) is 0 Å². The first-order valence-electron chi connectivity index (χ1n) is 5.02. The average molecular weight is 310 g/mol. The summed E-state index contributed by atoms with van der Waals surface area (Å²) in [6, 6.07) is 0. The molecule has 0 aliphatic carbocycles. The van der Waals surface area contributed by atoms with E-state index in [4.69, 9.17) is 8.44 Å². The predicted octanol–water partition coefficient (Wildman–Crippen LogP) is 1.21. The Morgan fingerprint density at radius 2 is 1.00 bits per heavy atom. The molecule has 0 rings (SSSR count). The third-order valence-corrected chi connectivity index (χ3v) is 4.37. The van der Waals surface area contributed by atoms with Gasteiger partial charge in [-0.3, -0.25) is 0 Å². The quantitative estimate of drug-likeness (QED) is 0.733. The van der Waals surface area contributed by atoms with Gasteiger partial charge >= 0.3 is 104 Å². The van der Waals surface area contributed by atoms with Crippen molar-refractivity contribution in [1.29, 1.82) is 0 Å². The Bertz CT molecular complexity index is 222. The third kappa shape index (κ3) is 6.72. The van der Waals surface area contributed by atoms with Crippen LogP contribution in [0.15, 0.2) is 0 Å². The number of rotatable bonds is 6. The van der Waals surface area contributed by atoms with Crippen LogP contribution in [0.5, 0.6) is 0 Å². The Balaban J connectivity index is 4.31. The fraction of sp³-hybridized carbons (Fsp3) is 0.667. The summed E-state index contributed by atoms with van der Waals surface area (Å²) in [6.07, 6.45) is 0.451. The summed E-state index contributed by atoms with van der Waals surface area (Å²) in [6.45, 7) is 4.81. The van der Waals surface area contributed by atoms with Gasteiger partial charge in [-0.05, 0) is 0 Å². The number of carbonyl (C=O) groups excluding carboxylic acids is 3. The van der Waals surface area contributed by atoms with Crippen molar-refractivity contribution < 1.29 is 45.9 Å². The van der Waals surface area contributed by atoms with Crippen molar-refractivity contribution in [2.75, 3.05) is 0 Å². The Hall–Kier alpha value is -0.707.